The first-order valence-electron chi connectivity index (χ1n) is 6.47. The number of nitrogens with one attached hydrogen (secondary N) is 1. The van der Waals surface area contributed by atoms with Gasteiger partial charge < -0.3 is 5.32 Å². The fourth-order valence-corrected chi connectivity index (χ4v) is 3.27. The highest BCUT2D eigenvalue weighted by atomic mass is 19.1. The van der Waals surface area contributed by atoms with Gasteiger partial charge in [0.25, 0.3) is 0 Å². The van der Waals surface area contributed by atoms with Crippen molar-refractivity contribution in [1.29, 1.82) is 0 Å². The summed E-state index contributed by atoms with van der Waals surface area (Å²) in [7, 11) is 1.98. The second-order valence-electron chi connectivity index (χ2n) is 5.81. The molecule has 0 radical (unpaired) electrons. The molecule has 1 aromatic rings. The van der Waals surface area contributed by atoms with Crippen LogP contribution < -0.4 is 5.32 Å². The Morgan fingerprint density at radius 1 is 1.41 bits per heavy atom. The van der Waals surface area contributed by atoms with Gasteiger partial charge in [0.2, 0.25) is 0 Å². The van der Waals surface area contributed by atoms with Crippen LogP contribution in [0.25, 0.3) is 0 Å². The molecule has 1 N–H and O–H groups in total. The average Bonchev–Trinajstić information content (AvgIpc) is 2.60. The minimum atomic E-state index is -0.140. The molecule has 1 aromatic carbocycles. The number of halogens is 1. The van der Waals surface area contributed by atoms with E-state index in [9.17, 15) is 4.39 Å². The fourth-order valence-electron chi connectivity index (χ4n) is 3.27. The van der Waals surface area contributed by atoms with Gasteiger partial charge in [0.1, 0.15) is 5.82 Å². The smallest absolute Gasteiger partial charge is 0.123 e. The zero-order valence-corrected chi connectivity index (χ0v) is 11.0. The third kappa shape index (κ3) is 2.52. The summed E-state index contributed by atoms with van der Waals surface area (Å²) in [6.45, 7) is 4.66. The molecule has 1 nitrogen and oxygen atoms in total. The molecule has 17 heavy (non-hydrogen) atoms. The van der Waals surface area contributed by atoms with Gasteiger partial charge in [-0.15, -0.1) is 0 Å². The Hall–Kier alpha value is -0.890. The van der Waals surface area contributed by atoms with Crippen molar-refractivity contribution in [2.45, 2.75) is 39.2 Å². The monoisotopic (exact) mass is 235 g/mol. The molecule has 2 heteroatoms. The van der Waals surface area contributed by atoms with Crippen LogP contribution in [0.15, 0.2) is 24.3 Å². The lowest BCUT2D eigenvalue weighted by Crippen LogP contribution is -2.32. The number of hydrogen-bond acceptors (Lipinski definition) is 1. The van der Waals surface area contributed by atoms with E-state index in [2.05, 4.69) is 19.2 Å². The standard InChI is InChI=1S/C15H22FN/c1-15(2)9-5-8-13(15)14(17-3)11-6-4-7-12(16)10-11/h4,6-7,10,13-14,17H,5,8-9H2,1-3H3. The highest BCUT2D eigenvalue weighted by Crippen LogP contribution is 2.48. The van der Waals surface area contributed by atoms with Crippen LogP contribution in [0.4, 0.5) is 4.39 Å². The first-order chi connectivity index (χ1) is 8.04. The Labute approximate surface area is 103 Å². The van der Waals surface area contributed by atoms with Crippen LogP contribution in [-0.2, 0) is 0 Å². The molecule has 1 fully saturated rings. The molecule has 0 bridgehead atoms. The van der Waals surface area contributed by atoms with Crippen molar-refractivity contribution in [3.8, 4) is 0 Å². The quantitative estimate of drug-likeness (QED) is 0.837. The van der Waals surface area contributed by atoms with Crippen LogP contribution in [-0.4, -0.2) is 7.05 Å². The molecule has 1 saturated carbocycles. The van der Waals surface area contributed by atoms with Crippen LogP contribution >= 0.6 is 0 Å². The Bertz CT molecular complexity index is 386. The normalized spacial score (nSPS) is 24.8. The minimum absolute atomic E-state index is 0.140. The van der Waals surface area contributed by atoms with Gasteiger partial charge >= 0.3 is 0 Å². The van der Waals surface area contributed by atoms with Gasteiger partial charge in [0, 0.05) is 6.04 Å². The summed E-state index contributed by atoms with van der Waals surface area (Å²) in [5, 5.41) is 3.38. The topological polar surface area (TPSA) is 12.0 Å². The molecule has 0 heterocycles. The number of rotatable bonds is 3. The molecule has 2 unspecified atom stereocenters. The summed E-state index contributed by atoms with van der Waals surface area (Å²) in [4.78, 5) is 0. The summed E-state index contributed by atoms with van der Waals surface area (Å²) in [6, 6.07) is 7.27. The molecule has 0 aromatic heterocycles. The molecular formula is C15H22FN. The van der Waals surface area contributed by atoms with Gasteiger partial charge in [0.05, 0.1) is 0 Å². The van der Waals surface area contributed by atoms with E-state index in [4.69, 9.17) is 0 Å². The van der Waals surface area contributed by atoms with Crippen LogP contribution in [0.5, 0.6) is 0 Å². The first-order valence-corrected chi connectivity index (χ1v) is 6.47. The fraction of sp³-hybridized carbons (Fsp3) is 0.600. The summed E-state index contributed by atoms with van der Waals surface area (Å²) in [5.41, 5.74) is 1.42. The van der Waals surface area contributed by atoms with E-state index in [1.54, 1.807) is 12.1 Å². The van der Waals surface area contributed by atoms with Crippen molar-refractivity contribution in [2.24, 2.45) is 11.3 Å². The largest absolute Gasteiger partial charge is 0.313 e. The van der Waals surface area contributed by atoms with Crippen LogP contribution in [0, 0.1) is 17.2 Å². The van der Waals surface area contributed by atoms with Crippen molar-refractivity contribution in [1.82, 2.24) is 5.32 Å². The molecule has 0 amide bonds. The number of benzene rings is 1. The Morgan fingerprint density at radius 3 is 2.71 bits per heavy atom. The maximum Gasteiger partial charge on any atom is 0.123 e. The van der Waals surface area contributed by atoms with Crippen LogP contribution in [0.3, 0.4) is 0 Å². The SMILES string of the molecule is CNC(c1cccc(F)c1)C1CCCC1(C)C. The Kier molecular flexibility index (Phi) is 3.53. The average molecular weight is 235 g/mol. The van der Waals surface area contributed by atoms with Gasteiger partial charge in [-0.25, -0.2) is 4.39 Å². The van der Waals surface area contributed by atoms with E-state index in [0.29, 0.717) is 11.3 Å². The first kappa shape index (κ1) is 12.6. The lowest BCUT2D eigenvalue weighted by atomic mass is 9.75. The third-order valence-corrected chi connectivity index (χ3v) is 4.26. The molecule has 1 aliphatic rings. The summed E-state index contributed by atoms with van der Waals surface area (Å²) in [5.74, 6) is 0.452. The molecule has 0 aliphatic heterocycles. The Morgan fingerprint density at radius 2 is 2.18 bits per heavy atom. The molecule has 1 aliphatic carbocycles. The van der Waals surface area contributed by atoms with Gasteiger partial charge in [-0.1, -0.05) is 32.4 Å². The molecule has 94 valence electrons. The van der Waals surface area contributed by atoms with Crippen molar-refractivity contribution in [3.63, 3.8) is 0 Å². The molecule has 2 rings (SSSR count). The second kappa shape index (κ2) is 4.77. The van der Waals surface area contributed by atoms with E-state index in [1.165, 1.54) is 25.3 Å². The minimum Gasteiger partial charge on any atom is -0.313 e. The van der Waals surface area contributed by atoms with Crippen LogP contribution in [0.2, 0.25) is 0 Å². The van der Waals surface area contributed by atoms with E-state index in [-0.39, 0.29) is 11.9 Å². The maximum atomic E-state index is 13.3. The van der Waals surface area contributed by atoms with E-state index < -0.39 is 0 Å². The van der Waals surface area contributed by atoms with Crippen molar-refractivity contribution in [2.75, 3.05) is 7.05 Å². The molecule has 2 atom stereocenters. The zero-order chi connectivity index (χ0) is 12.5. The van der Waals surface area contributed by atoms with E-state index >= 15 is 0 Å². The maximum absolute atomic E-state index is 13.3. The van der Waals surface area contributed by atoms with Gasteiger partial charge in [-0.2, -0.15) is 0 Å². The van der Waals surface area contributed by atoms with Gasteiger partial charge in [-0.05, 0) is 48.9 Å². The van der Waals surface area contributed by atoms with E-state index in [1.807, 2.05) is 13.1 Å². The highest BCUT2D eigenvalue weighted by Gasteiger charge is 2.39. The lowest BCUT2D eigenvalue weighted by Gasteiger charge is -2.34. The highest BCUT2D eigenvalue weighted by molar-refractivity contribution is 5.22. The summed E-state index contributed by atoms with van der Waals surface area (Å²) in [6.07, 6.45) is 3.78. The summed E-state index contributed by atoms with van der Waals surface area (Å²) >= 11 is 0. The molecule has 0 spiro atoms. The predicted octanol–water partition coefficient (Wildman–Crippen LogP) is 3.91. The van der Waals surface area contributed by atoms with Crippen molar-refractivity contribution >= 4 is 0 Å². The van der Waals surface area contributed by atoms with Crippen LogP contribution in [0.1, 0.15) is 44.7 Å². The number of hydrogen-bond donors (Lipinski definition) is 1. The van der Waals surface area contributed by atoms with E-state index in [0.717, 1.165) is 5.56 Å². The van der Waals surface area contributed by atoms with Gasteiger partial charge in [0.15, 0.2) is 0 Å². The molecule has 0 saturated heterocycles. The summed E-state index contributed by atoms with van der Waals surface area (Å²) < 4.78 is 13.3. The lowest BCUT2D eigenvalue weighted by molar-refractivity contribution is 0.203. The third-order valence-electron chi connectivity index (χ3n) is 4.26. The van der Waals surface area contributed by atoms with Gasteiger partial charge in [-0.3, -0.25) is 0 Å². The Balaban J connectivity index is 2.27. The molecular weight excluding hydrogens is 213 g/mol. The zero-order valence-electron chi connectivity index (χ0n) is 11.0. The van der Waals surface area contributed by atoms with Crippen molar-refractivity contribution in [3.05, 3.63) is 35.6 Å². The van der Waals surface area contributed by atoms with Crippen molar-refractivity contribution < 1.29 is 4.39 Å². The second-order valence-corrected chi connectivity index (χ2v) is 5.81. The predicted molar refractivity (Wildman–Crippen MR) is 69.3 cm³/mol.